The maximum Gasteiger partial charge on any atom is 0.573 e. The van der Waals surface area contributed by atoms with E-state index in [1.54, 1.807) is 11.8 Å². The number of carbonyl (C=O) groups is 2. The van der Waals surface area contributed by atoms with Crippen LogP contribution in [-0.4, -0.2) is 51.9 Å². The highest BCUT2D eigenvalue weighted by Gasteiger charge is 2.53. The minimum absolute atomic E-state index is 0.267. The van der Waals surface area contributed by atoms with Crippen molar-refractivity contribution in [1.29, 1.82) is 0 Å². The van der Waals surface area contributed by atoms with Crippen LogP contribution in [0.25, 0.3) is 0 Å². The highest BCUT2D eigenvalue weighted by atomic mass is 32.2. The quantitative estimate of drug-likeness (QED) is 0.787. The van der Waals surface area contributed by atoms with Gasteiger partial charge in [0.25, 0.3) is 5.91 Å². The molecule has 2 fully saturated rings. The molecule has 1 aromatic carbocycles. The van der Waals surface area contributed by atoms with E-state index in [1.165, 1.54) is 12.1 Å². The van der Waals surface area contributed by atoms with Crippen molar-refractivity contribution in [3.8, 4) is 5.75 Å². The van der Waals surface area contributed by atoms with Crippen LogP contribution in [0.15, 0.2) is 24.3 Å². The molecule has 3 amide bonds. The topological polar surface area (TPSA) is 78.9 Å². The van der Waals surface area contributed by atoms with Gasteiger partial charge in [-0.2, -0.15) is 11.8 Å². The van der Waals surface area contributed by atoms with E-state index >= 15 is 0 Å². The lowest BCUT2D eigenvalue weighted by Gasteiger charge is -2.21. The van der Waals surface area contributed by atoms with Gasteiger partial charge in [0.15, 0.2) is 0 Å². The Labute approximate surface area is 145 Å². The number of halogens is 3. The second-order valence-electron chi connectivity index (χ2n) is 5.86. The summed E-state index contributed by atoms with van der Waals surface area (Å²) in [7, 11) is 0. The van der Waals surface area contributed by atoms with Gasteiger partial charge in [-0.3, -0.25) is 9.69 Å². The van der Waals surface area contributed by atoms with E-state index in [1.807, 2.05) is 0 Å². The lowest BCUT2D eigenvalue weighted by Crippen LogP contribution is -2.47. The number of benzene rings is 1. The lowest BCUT2D eigenvalue weighted by atomic mass is 9.99. The van der Waals surface area contributed by atoms with Crippen molar-refractivity contribution in [3.63, 3.8) is 0 Å². The summed E-state index contributed by atoms with van der Waals surface area (Å²) in [6.07, 6.45) is -5.47. The molecular formula is C15H15F3N2O4S. The zero-order valence-corrected chi connectivity index (χ0v) is 13.7. The Balaban J connectivity index is 1.67. The van der Waals surface area contributed by atoms with Crippen molar-refractivity contribution in [3.05, 3.63) is 29.8 Å². The second-order valence-corrected chi connectivity index (χ2v) is 6.97. The fourth-order valence-corrected chi connectivity index (χ4v) is 4.17. The van der Waals surface area contributed by atoms with E-state index in [4.69, 9.17) is 0 Å². The molecule has 2 aliphatic heterocycles. The third kappa shape index (κ3) is 3.69. The number of imide groups is 1. The van der Waals surface area contributed by atoms with Crippen LogP contribution in [0.1, 0.15) is 18.1 Å². The average molecular weight is 376 g/mol. The maximum atomic E-state index is 12.5. The van der Waals surface area contributed by atoms with E-state index in [2.05, 4.69) is 10.1 Å². The normalized spacial score (nSPS) is 24.7. The summed E-state index contributed by atoms with van der Waals surface area (Å²) >= 11 is 1.57. The summed E-state index contributed by atoms with van der Waals surface area (Å²) < 4.78 is 40.2. The molecule has 0 bridgehead atoms. The van der Waals surface area contributed by atoms with Gasteiger partial charge in [0.1, 0.15) is 11.3 Å². The monoisotopic (exact) mass is 376 g/mol. The number of alkyl halides is 3. The molecule has 25 heavy (non-hydrogen) atoms. The number of thioether (sulfide) groups is 1. The Morgan fingerprint density at radius 1 is 1.32 bits per heavy atom. The zero-order valence-electron chi connectivity index (χ0n) is 12.9. The second kappa shape index (κ2) is 6.41. The maximum absolute atomic E-state index is 12.5. The van der Waals surface area contributed by atoms with Crippen LogP contribution < -0.4 is 10.1 Å². The Hall–Kier alpha value is -1.94. The number of nitrogens with one attached hydrogen (secondary N) is 1. The summed E-state index contributed by atoms with van der Waals surface area (Å²) in [5, 5.41) is 12.9. The molecular weight excluding hydrogens is 361 g/mol. The molecule has 1 spiro atoms. The van der Waals surface area contributed by atoms with Crippen LogP contribution in [0.5, 0.6) is 5.75 Å². The fraction of sp³-hybridized carbons (Fsp3) is 0.467. The van der Waals surface area contributed by atoms with Crippen molar-refractivity contribution in [2.24, 2.45) is 0 Å². The van der Waals surface area contributed by atoms with E-state index < -0.39 is 29.8 Å². The molecule has 0 saturated carbocycles. The number of hydrogen-bond donors (Lipinski definition) is 2. The van der Waals surface area contributed by atoms with Crippen molar-refractivity contribution >= 4 is 23.7 Å². The number of nitrogens with zero attached hydrogens (tertiary/aromatic N) is 1. The van der Waals surface area contributed by atoms with Crippen LogP contribution in [0.4, 0.5) is 18.0 Å². The minimum atomic E-state index is -4.80. The predicted molar refractivity (Wildman–Crippen MR) is 83.0 cm³/mol. The molecule has 6 nitrogen and oxygen atoms in total. The summed E-state index contributed by atoms with van der Waals surface area (Å²) in [5.41, 5.74) is -0.622. The van der Waals surface area contributed by atoms with Gasteiger partial charge in [-0.1, -0.05) is 12.1 Å². The number of urea groups is 1. The molecule has 2 atom stereocenters. The highest BCUT2D eigenvalue weighted by Crippen LogP contribution is 2.34. The van der Waals surface area contributed by atoms with E-state index in [9.17, 15) is 27.9 Å². The Kier molecular flexibility index (Phi) is 4.58. The Morgan fingerprint density at radius 2 is 2.00 bits per heavy atom. The zero-order chi connectivity index (χ0) is 18.2. The molecule has 0 aromatic heterocycles. The first kappa shape index (κ1) is 17.9. The Bertz CT molecular complexity index is 674. The van der Waals surface area contributed by atoms with Crippen LogP contribution in [0.3, 0.4) is 0 Å². The molecule has 0 radical (unpaired) electrons. The lowest BCUT2D eigenvalue weighted by molar-refractivity contribution is -0.274. The van der Waals surface area contributed by atoms with E-state index in [0.717, 1.165) is 22.8 Å². The van der Waals surface area contributed by atoms with Gasteiger partial charge >= 0.3 is 12.4 Å². The molecule has 10 heteroatoms. The summed E-state index contributed by atoms with van der Waals surface area (Å²) in [6, 6.07) is 4.07. The molecule has 2 aliphatic rings. The molecule has 136 valence electrons. The summed E-state index contributed by atoms with van der Waals surface area (Å²) in [6.45, 7) is -0.267. The van der Waals surface area contributed by atoms with Gasteiger partial charge < -0.3 is 15.2 Å². The summed E-state index contributed by atoms with van der Waals surface area (Å²) in [5.74, 6) is 0.468. The van der Waals surface area contributed by atoms with Crippen molar-refractivity contribution in [2.75, 3.05) is 18.1 Å². The average Bonchev–Trinajstić information content (AvgIpc) is 3.08. The fourth-order valence-electron chi connectivity index (χ4n) is 2.84. The highest BCUT2D eigenvalue weighted by molar-refractivity contribution is 7.99. The SMILES string of the molecule is O=C1N[C@@]2(CCSC2)C(=O)N1C[C@@H](O)c1ccc(OC(F)(F)F)cc1. The third-order valence-electron chi connectivity index (χ3n) is 4.12. The molecule has 1 aromatic rings. The van der Waals surface area contributed by atoms with Crippen molar-refractivity contribution < 1.29 is 32.6 Å². The first-order valence-corrected chi connectivity index (χ1v) is 8.61. The van der Waals surface area contributed by atoms with Crippen LogP contribution >= 0.6 is 11.8 Å². The number of hydrogen-bond acceptors (Lipinski definition) is 5. The third-order valence-corrected chi connectivity index (χ3v) is 5.31. The number of ether oxygens (including phenoxy) is 1. The molecule has 2 saturated heterocycles. The van der Waals surface area contributed by atoms with Crippen LogP contribution in [0.2, 0.25) is 0 Å². The number of amides is 3. The molecule has 2 N–H and O–H groups in total. The number of rotatable bonds is 4. The number of aliphatic hydroxyl groups is 1. The predicted octanol–water partition coefficient (Wildman–Crippen LogP) is 2.05. The van der Waals surface area contributed by atoms with Gasteiger partial charge in [-0.25, -0.2) is 4.79 Å². The largest absolute Gasteiger partial charge is 0.573 e. The molecule has 3 rings (SSSR count). The molecule has 0 unspecified atom stereocenters. The standard InChI is InChI=1S/C15H15F3N2O4S/c16-15(17,18)24-10-3-1-9(2-4-10)11(21)7-20-12(22)14(19-13(20)23)5-6-25-8-14/h1-4,11,21H,5-8H2,(H,19,23)/t11-,14-/m1/s1. The minimum Gasteiger partial charge on any atom is -0.406 e. The molecule has 0 aliphatic carbocycles. The number of carbonyl (C=O) groups excluding carboxylic acids is 2. The van der Waals surface area contributed by atoms with Crippen molar-refractivity contribution in [2.45, 2.75) is 24.4 Å². The van der Waals surface area contributed by atoms with Crippen molar-refractivity contribution in [1.82, 2.24) is 10.2 Å². The first-order chi connectivity index (χ1) is 11.7. The smallest absolute Gasteiger partial charge is 0.406 e. The molecule has 2 heterocycles. The van der Waals surface area contributed by atoms with Gasteiger partial charge in [0.2, 0.25) is 0 Å². The number of aliphatic hydroxyl groups excluding tert-OH is 1. The number of β-amino-alcohol motifs (C(OH)–C–C–N with tert-alkyl or cyclic N) is 1. The van der Waals surface area contributed by atoms with E-state index in [0.29, 0.717) is 12.2 Å². The summed E-state index contributed by atoms with van der Waals surface area (Å²) in [4.78, 5) is 25.5. The van der Waals surface area contributed by atoms with E-state index in [-0.39, 0.29) is 18.0 Å². The van der Waals surface area contributed by atoms with Gasteiger partial charge in [0, 0.05) is 5.75 Å². The first-order valence-electron chi connectivity index (χ1n) is 7.46. The van der Waals surface area contributed by atoms with Crippen LogP contribution in [-0.2, 0) is 4.79 Å². The Morgan fingerprint density at radius 3 is 2.56 bits per heavy atom. The van der Waals surface area contributed by atoms with Gasteiger partial charge in [-0.15, -0.1) is 13.2 Å². The van der Waals surface area contributed by atoms with Crippen LogP contribution in [0, 0.1) is 0 Å². The van der Waals surface area contributed by atoms with Gasteiger partial charge in [-0.05, 0) is 29.9 Å². The van der Waals surface area contributed by atoms with Gasteiger partial charge in [0.05, 0.1) is 12.6 Å².